The highest BCUT2D eigenvalue weighted by Gasteiger charge is 2.46. The molecule has 44 heavy (non-hydrogen) atoms. The average Bonchev–Trinajstić information content (AvgIpc) is 3.05. The summed E-state index contributed by atoms with van der Waals surface area (Å²) in [6.45, 7) is 7.44. The first-order valence-corrected chi connectivity index (χ1v) is 17.2. The fourth-order valence-electron chi connectivity index (χ4n) is 7.59. The van der Waals surface area contributed by atoms with Crippen molar-refractivity contribution in [3.05, 3.63) is 66.5 Å². The number of benzene rings is 2. The van der Waals surface area contributed by atoms with Gasteiger partial charge in [0, 0.05) is 23.5 Å². The molecule has 1 saturated heterocycles. The lowest BCUT2D eigenvalue weighted by atomic mass is 9.74. The SMILES string of the molecule is C=CCCc1ccc(-c2ccc(OC(F)(F)C3CCC(C4OCC(C5CCC(CCCCC)CC5)CO4)CC3)cc2F)cc1. The third kappa shape index (κ3) is 8.69. The van der Waals surface area contributed by atoms with Crippen LogP contribution in [0.3, 0.4) is 0 Å². The molecule has 0 amide bonds. The van der Waals surface area contributed by atoms with E-state index in [1.54, 1.807) is 0 Å². The molecule has 0 spiro atoms. The minimum Gasteiger partial charge on any atom is -0.432 e. The van der Waals surface area contributed by atoms with Crippen LogP contribution in [-0.2, 0) is 15.9 Å². The smallest absolute Gasteiger partial charge is 0.400 e. The maximum absolute atomic E-state index is 15.2. The molecule has 6 heteroatoms. The van der Waals surface area contributed by atoms with Crippen LogP contribution >= 0.6 is 0 Å². The van der Waals surface area contributed by atoms with Gasteiger partial charge < -0.3 is 14.2 Å². The van der Waals surface area contributed by atoms with Gasteiger partial charge in [-0.05, 0) is 86.5 Å². The third-order valence-corrected chi connectivity index (χ3v) is 10.5. The lowest BCUT2D eigenvalue weighted by Crippen LogP contribution is -2.43. The largest absolute Gasteiger partial charge is 0.432 e. The van der Waals surface area contributed by atoms with Crippen LogP contribution in [0.25, 0.3) is 11.1 Å². The quantitative estimate of drug-likeness (QED) is 0.166. The maximum atomic E-state index is 15.2. The fourth-order valence-corrected chi connectivity index (χ4v) is 7.59. The first-order chi connectivity index (χ1) is 21.4. The second kappa shape index (κ2) is 15.8. The zero-order valence-corrected chi connectivity index (χ0v) is 26.5. The van der Waals surface area contributed by atoms with Crippen molar-refractivity contribution in [1.82, 2.24) is 0 Å². The first kappa shape index (κ1) is 33.1. The summed E-state index contributed by atoms with van der Waals surface area (Å²) in [6, 6.07) is 11.6. The number of alkyl halides is 2. The topological polar surface area (TPSA) is 27.7 Å². The van der Waals surface area contributed by atoms with Gasteiger partial charge in [-0.3, -0.25) is 0 Å². The molecule has 2 aromatic rings. The van der Waals surface area contributed by atoms with Crippen molar-refractivity contribution in [2.24, 2.45) is 29.6 Å². The molecule has 2 aliphatic carbocycles. The van der Waals surface area contributed by atoms with Crippen molar-refractivity contribution < 1.29 is 27.4 Å². The molecule has 0 N–H and O–H groups in total. The number of halogens is 3. The molecule has 1 heterocycles. The Balaban J connectivity index is 1.05. The summed E-state index contributed by atoms with van der Waals surface area (Å²) < 4.78 is 63.0. The van der Waals surface area contributed by atoms with E-state index in [4.69, 9.17) is 14.2 Å². The van der Waals surface area contributed by atoms with Gasteiger partial charge in [0.1, 0.15) is 11.6 Å². The minimum absolute atomic E-state index is 0.122. The van der Waals surface area contributed by atoms with E-state index in [0.717, 1.165) is 43.6 Å². The molecule has 3 nitrogen and oxygen atoms in total. The van der Waals surface area contributed by atoms with Crippen molar-refractivity contribution in [1.29, 1.82) is 0 Å². The average molecular weight is 613 g/mol. The molecule has 5 rings (SSSR count). The minimum atomic E-state index is -3.37. The predicted molar refractivity (Wildman–Crippen MR) is 170 cm³/mol. The van der Waals surface area contributed by atoms with E-state index in [1.807, 2.05) is 30.3 Å². The van der Waals surface area contributed by atoms with Crippen LogP contribution in [0.2, 0.25) is 0 Å². The van der Waals surface area contributed by atoms with Gasteiger partial charge in [-0.2, -0.15) is 8.78 Å². The van der Waals surface area contributed by atoms with Gasteiger partial charge in [-0.1, -0.05) is 75.8 Å². The maximum Gasteiger partial charge on any atom is 0.400 e. The van der Waals surface area contributed by atoms with Gasteiger partial charge in [-0.25, -0.2) is 4.39 Å². The molecule has 0 unspecified atom stereocenters. The zero-order chi connectivity index (χ0) is 30.9. The van der Waals surface area contributed by atoms with Crippen LogP contribution in [0, 0.1) is 35.4 Å². The van der Waals surface area contributed by atoms with Gasteiger partial charge in [0.05, 0.1) is 19.1 Å². The fraction of sp³-hybridized carbons (Fsp3) is 0.632. The molecule has 3 aliphatic rings. The van der Waals surface area contributed by atoms with E-state index < -0.39 is 17.8 Å². The number of unbranched alkanes of at least 4 members (excludes halogenated alkanes) is 2. The summed E-state index contributed by atoms with van der Waals surface area (Å²) in [6.07, 6.45) is 12.4. The summed E-state index contributed by atoms with van der Waals surface area (Å²) in [5, 5.41) is 0. The molecule has 242 valence electrons. The van der Waals surface area contributed by atoms with Gasteiger partial charge >= 0.3 is 6.11 Å². The molecule has 0 aromatic heterocycles. The van der Waals surface area contributed by atoms with Crippen LogP contribution in [-0.4, -0.2) is 25.6 Å². The number of aryl methyl sites for hydroxylation is 1. The summed E-state index contributed by atoms with van der Waals surface area (Å²) >= 11 is 0. The van der Waals surface area contributed by atoms with Gasteiger partial charge in [0.2, 0.25) is 0 Å². The highest BCUT2D eigenvalue weighted by atomic mass is 19.3. The summed E-state index contributed by atoms with van der Waals surface area (Å²) in [5.41, 5.74) is 2.20. The normalized spacial score (nSPS) is 28.0. The number of allylic oxidation sites excluding steroid dienone is 1. The summed E-state index contributed by atoms with van der Waals surface area (Å²) in [5.74, 6) is 0.488. The van der Waals surface area contributed by atoms with E-state index >= 15 is 8.78 Å². The van der Waals surface area contributed by atoms with E-state index in [9.17, 15) is 4.39 Å². The molecule has 0 atom stereocenters. The molecular weight excluding hydrogens is 561 g/mol. The van der Waals surface area contributed by atoms with E-state index in [0.29, 0.717) is 48.6 Å². The lowest BCUT2D eigenvalue weighted by molar-refractivity contribution is -0.251. The van der Waals surface area contributed by atoms with Crippen LogP contribution in [0.5, 0.6) is 5.75 Å². The highest BCUT2D eigenvalue weighted by molar-refractivity contribution is 5.65. The monoisotopic (exact) mass is 612 g/mol. The Labute approximate surface area is 262 Å². The Bertz CT molecular complexity index is 1160. The van der Waals surface area contributed by atoms with Crippen LogP contribution in [0.4, 0.5) is 13.2 Å². The second-order valence-electron chi connectivity index (χ2n) is 13.5. The molecular formula is C38H51F3O3. The number of ether oxygens (including phenoxy) is 3. The molecule has 1 aliphatic heterocycles. The molecule has 3 fully saturated rings. The third-order valence-electron chi connectivity index (χ3n) is 10.5. The van der Waals surface area contributed by atoms with Crippen LogP contribution in [0.15, 0.2) is 55.1 Å². The molecule has 2 saturated carbocycles. The van der Waals surface area contributed by atoms with Crippen LogP contribution in [0.1, 0.15) is 96.0 Å². The van der Waals surface area contributed by atoms with Crippen molar-refractivity contribution in [2.75, 3.05) is 13.2 Å². The lowest BCUT2D eigenvalue weighted by Gasteiger charge is -2.41. The Morgan fingerprint density at radius 1 is 0.864 bits per heavy atom. The van der Waals surface area contributed by atoms with Crippen molar-refractivity contribution >= 4 is 0 Å². The summed E-state index contributed by atoms with van der Waals surface area (Å²) in [4.78, 5) is 0. The van der Waals surface area contributed by atoms with Crippen molar-refractivity contribution in [2.45, 2.75) is 109 Å². The van der Waals surface area contributed by atoms with Gasteiger partial charge in [0.25, 0.3) is 0 Å². The standard InChI is InChI=1S/C38H51F3O3/c1-3-5-7-9-28-10-14-29(15-11-28)32-25-42-37(43-26-32)31-18-20-33(21-19-31)38(40,41)44-34-22-23-35(36(39)24-34)30-16-12-27(13-17-30)8-6-4-2/h4,12-13,16-17,22-24,28-29,31-33,37H,2-3,5-11,14-15,18-21,25-26H2,1H3. The Hall–Kier alpha value is -2.31. The number of hydrogen-bond acceptors (Lipinski definition) is 3. The second-order valence-corrected chi connectivity index (χ2v) is 13.5. The van der Waals surface area contributed by atoms with E-state index in [-0.39, 0.29) is 18.0 Å². The van der Waals surface area contributed by atoms with E-state index in [2.05, 4.69) is 13.5 Å². The molecule has 0 radical (unpaired) electrons. The Morgan fingerprint density at radius 2 is 1.55 bits per heavy atom. The Morgan fingerprint density at radius 3 is 2.18 bits per heavy atom. The van der Waals surface area contributed by atoms with Crippen molar-refractivity contribution in [3.63, 3.8) is 0 Å². The number of hydrogen-bond donors (Lipinski definition) is 0. The van der Waals surface area contributed by atoms with Crippen molar-refractivity contribution in [3.8, 4) is 16.9 Å². The zero-order valence-electron chi connectivity index (χ0n) is 26.5. The first-order valence-electron chi connectivity index (χ1n) is 17.2. The molecule has 2 aromatic carbocycles. The summed E-state index contributed by atoms with van der Waals surface area (Å²) in [7, 11) is 0. The molecule has 0 bridgehead atoms. The van der Waals surface area contributed by atoms with E-state index in [1.165, 1.54) is 63.5 Å². The van der Waals surface area contributed by atoms with Crippen LogP contribution < -0.4 is 4.74 Å². The van der Waals surface area contributed by atoms with Gasteiger partial charge in [-0.15, -0.1) is 6.58 Å². The Kier molecular flexibility index (Phi) is 11.9. The highest BCUT2D eigenvalue weighted by Crippen LogP contribution is 2.43. The number of rotatable bonds is 13. The predicted octanol–water partition coefficient (Wildman–Crippen LogP) is 10.8. The van der Waals surface area contributed by atoms with Gasteiger partial charge in [0.15, 0.2) is 6.29 Å².